The molecule has 0 aliphatic heterocycles. The van der Waals surface area contributed by atoms with E-state index in [1.54, 1.807) is 49.4 Å². The average molecular weight is 479 g/mol. The zero-order valence-electron chi connectivity index (χ0n) is 16.2. The molecular formula is C22H15BrN4O4. The Balaban J connectivity index is 1.95. The van der Waals surface area contributed by atoms with Crippen molar-refractivity contribution in [1.82, 2.24) is 4.98 Å². The number of esters is 1. The fourth-order valence-corrected chi connectivity index (χ4v) is 3.44. The van der Waals surface area contributed by atoms with E-state index in [-0.39, 0.29) is 29.1 Å². The highest BCUT2D eigenvalue weighted by Crippen LogP contribution is 2.36. The van der Waals surface area contributed by atoms with Gasteiger partial charge in [-0.05, 0) is 55.0 Å². The van der Waals surface area contributed by atoms with Crippen LogP contribution >= 0.6 is 15.9 Å². The molecule has 0 bridgehead atoms. The fraction of sp³-hybridized carbons (Fsp3) is 0.0909. The molecule has 0 spiro atoms. The molecule has 9 heteroatoms. The lowest BCUT2D eigenvalue weighted by Crippen LogP contribution is -2.16. The molecule has 1 aromatic heterocycles. The van der Waals surface area contributed by atoms with Crippen LogP contribution in [0, 0.1) is 22.7 Å². The van der Waals surface area contributed by atoms with Crippen molar-refractivity contribution >= 4 is 27.7 Å². The summed E-state index contributed by atoms with van der Waals surface area (Å²) in [4.78, 5) is 26.2. The molecule has 8 nitrogen and oxygen atoms in total. The first-order chi connectivity index (χ1) is 14.9. The standard InChI is InChI=1S/C22H15BrN4O4/c1-2-30-22(29)12-3-5-13(6-4-12)31-14-7-8-15(18(23)9-14)19-16(10-24)20(26)27-21(28)17(19)11-25/h3-9H,2H2,1H3,(H3,26,27,28). The number of H-pyrrole nitrogens is 1. The van der Waals surface area contributed by atoms with Crippen molar-refractivity contribution in [3.63, 3.8) is 0 Å². The van der Waals surface area contributed by atoms with Crippen LogP contribution in [0.5, 0.6) is 11.5 Å². The van der Waals surface area contributed by atoms with Crippen molar-refractivity contribution in [3.8, 4) is 34.8 Å². The highest BCUT2D eigenvalue weighted by Gasteiger charge is 2.20. The van der Waals surface area contributed by atoms with Crippen molar-refractivity contribution in [2.75, 3.05) is 12.3 Å². The first-order valence-electron chi connectivity index (χ1n) is 9.00. The number of nitriles is 2. The van der Waals surface area contributed by atoms with Crippen LogP contribution in [0.25, 0.3) is 11.1 Å². The van der Waals surface area contributed by atoms with Crippen LogP contribution in [0.4, 0.5) is 5.82 Å². The number of carbonyl (C=O) groups excluding carboxylic acids is 1. The number of carbonyl (C=O) groups is 1. The largest absolute Gasteiger partial charge is 0.462 e. The lowest BCUT2D eigenvalue weighted by Gasteiger charge is -2.12. The van der Waals surface area contributed by atoms with Gasteiger partial charge in [0.15, 0.2) is 0 Å². The summed E-state index contributed by atoms with van der Waals surface area (Å²) in [6.07, 6.45) is 0. The summed E-state index contributed by atoms with van der Waals surface area (Å²) >= 11 is 3.41. The number of rotatable bonds is 5. The third-order valence-corrected chi connectivity index (χ3v) is 4.94. The molecule has 0 saturated heterocycles. The molecule has 0 fully saturated rings. The zero-order chi connectivity index (χ0) is 22.5. The number of benzene rings is 2. The van der Waals surface area contributed by atoms with Crippen LogP contribution in [0.15, 0.2) is 51.7 Å². The third-order valence-electron chi connectivity index (χ3n) is 4.28. The molecule has 0 atom stereocenters. The summed E-state index contributed by atoms with van der Waals surface area (Å²) in [5, 5.41) is 18.9. The van der Waals surface area contributed by atoms with E-state index in [4.69, 9.17) is 15.2 Å². The molecule has 3 N–H and O–H groups in total. The number of nitrogens with zero attached hydrogens (tertiary/aromatic N) is 2. The maximum absolute atomic E-state index is 12.1. The molecule has 31 heavy (non-hydrogen) atoms. The minimum atomic E-state index is -0.678. The van der Waals surface area contributed by atoms with Crippen molar-refractivity contribution < 1.29 is 14.3 Å². The summed E-state index contributed by atoms with van der Waals surface area (Å²) in [7, 11) is 0. The predicted octanol–water partition coefficient (Wildman–Crippen LogP) is 4.10. The number of halogens is 1. The maximum atomic E-state index is 12.1. The minimum Gasteiger partial charge on any atom is -0.462 e. The van der Waals surface area contributed by atoms with Gasteiger partial charge in [-0.2, -0.15) is 10.5 Å². The van der Waals surface area contributed by atoms with Crippen LogP contribution in [-0.4, -0.2) is 17.6 Å². The molecule has 0 aliphatic rings. The number of aromatic nitrogens is 1. The van der Waals surface area contributed by atoms with Crippen molar-refractivity contribution in [1.29, 1.82) is 10.5 Å². The van der Waals surface area contributed by atoms with Crippen LogP contribution < -0.4 is 16.0 Å². The van der Waals surface area contributed by atoms with E-state index in [2.05, 4.69) is 20.9 Å². The summed E-state index contributed by atoms with van der Waals surface area (Å²) in [5.41, 5.74) is 5.87. The fourth-order valence-electron chi connectivity index (χ4n) is 2.88. The molecule has 2 aromatic carbocycles. The topological polar surface area (TPSA) is 142 Å². The van der Waals surface area contributed by atoms with Gasteiger partial charge in [-0.15, -0.1) is 0 Å². The number of ether oxygens (including phenoxy) is 2. The van der Waals surface area contributed by atoms with E-state index in [1.807, 2.05) is 12.1 Å². The Kier molecular flexibility index (Phi) is 6.39. The predicted molar refractivity (Wildman–Crippen MR) is 117 cm³/mol. The molecular weight excluding hydrogens is 464 g/mol. The van der Waals surface area contributed by atoms with Crippen LogP contribution in [0.1, 0.15) is 28.4 Å². The molecule has 1 heterocycles. The Morgan fingerprint density at radius 2 is 1.74 bits per heavy atom. The number of hydrogen-bond donors (Lipinski definition) is 2. The third kappa shape index (κ3) is 4.42. The van der Waals surface area contributed by atoms with Gasteiger partial charge in [0.1, 0.15) is 40.6 Å². The Hall–Kier alpha value is -4.08. The second-order valence-electron chi connectivity index (χ2n) is 6.20. The van der Waals surface area contributed by atoms with E-state index in [1.165, 1.54) is 0 Å². The molecule has 3 aromatic rings. The quantitative estimate of drug-likeness (QED) is 0.525. The first kappa shape index (κ1) is 21.6. The van der Waals surface area contributed by atoms with Gasteiger partial charge >= 0.3 is 5.97 Å². The summed E-state index contributed by atoms with van der Waals surface area (Å²) in [6, 6.07) is 15.1. The second-order valence-corrected chi connectivity index (χ2v) is 7.06. The molecule has 0 radical (unpaired) electrons. The van der Waals surface area contributed by atoms with Crippen molar-refractivity contribution in [2.24, 2.45) is 0 Å². The highest BCUT2D eigenvalue weighted by molar-refractivity contribution is 9.10. The van der Waals surface area contributed by atoms with Gasteiger partial charge in [-0.1, -0.05) is 15.9 Å². The minimum absolute atomic E-state index is 0.0000671. The van der Waals surface area contributed by atoms with Crippen LogP contribution in [-0.2, 0) is 4.74 Å². The SMILES string of the molecule is CCOC(=O)c1ccc(Oc2ccc(-c3c(C#N)c(N)[nH]c(=O)c3C#N)c(Br)c2)cc1. The van der Waals surface area contributed by atoms with Gasteiger partial charge in [0, 0.05) is 10.0 Å². The number of nitrogens with two attached hydrogens (primary N) is 1. The number of nitrogen functional groups attached to an aromatic ring is 1. The van der Waals surface area contributed by atoms with E-state index < -0.39 is 11.5 Å². The Morgan fingerprint density at radius 1 is 1.10 bits per heavy atom. The zero-order valence-corrected chi connectivity index (χ0v) is 17.8. The van der Waals surface area contributed by atoms with Crippen molar-refractivity contribution in [3.05, 3.63) is 74.0 Å². The van der Waals surface area contributed by atoms with E-state index in [0.29, 0.717) is 27.1 Å². The van der Waals surface area contributed by atoms with Gasteiger partial charge in [-0.25, -0.2) is 4.79 Å². The lowest BCUT2D eigenvalue weighted by molar-refractivity contribution is 0.0526. The van der Waals surface area contributed by atoms with Gasteiger partial charge < -0.3 is 20.2 Å². The molecule has 0 saturated carbocycles. The average Bonchev–Trinajstić information content (AvgIpc) is 2.74. The van der Waals surface area contributed by atoms with Gasteiger partial charge in [0.25, 0.3) is 5.56 Å². The maximum Gasteiger partial charge on any atom is 0.338 e. The normalized spacial score (nSPS) is 10.1. The first-order valence-corrected chi connectivity index (χ1v) is 9.79. The monoisotopic (exact) mass is 478 g/mol. The summed E-state index contributed by atoms with van der Waals surface area (Å²) in [5.74, 6) is 0.410. The van der Waals surface area contributed by atoms with Crippen LogP contribution in [0.2, 0.25) is 0 Å². The Morgan fingerprint density at radius 3 is 2.32 bits per heavy atom. The second kappa shape index (κ2) is 9.16. The van der Waals surface area contributed by atoms with Gasteiger partial charge in [0.05, 0.1) is 12.2 Å². The lowest BCUT2D eigenvalue weighted by atomic mass is 9.96. The van der Waals surface area contributed by atoms with Crippen LogP contribution in [0.3, 0.4) is 0 Å². The molecule has 3 rings (SSSR count). The summed E-state index contributed by atoms with van der Waals surface area (Å²) < 4.78 is 11.2. The number of pyridine rings is 1. The Labute approximate surface area is 185 Å². The number of hydrogen-bond acceptors (Lipinski definition) is 7. The van der Waals surface area contributed by atoms with Crippen molar-refractivity contribution in [2.45, 2.75) is 6.92 Å². The van der Waals surface area contributed by atoms with E-state index in [9.17, 15) is 20.1 Å². The van der Waals surface area contributed by atoms with Gasteiger partial charge in [-0.3, -0.25) is 4.79 Å². The smallest absolute Gasteiger partial charge is 0.338 e. The molecule has 0 aliphatic carbocycles. The molecule has 154 valence electrons. The number of nitrogens with one attached hydrogen (secondary N) is 1. The molecule has 0 unspecified atom stereocenters. The van der Waals surface area contributed by atoms with Gasteiger partial charge in [0.2, 0.25) is 0 Å². The summed E-state index contributed by atoms with van der Waals surface area (Å²) in [6.45, 7) is 2.02. The molecule has 0 amide bonds. The number of anilines is 1. The Bertz CT molecular complexity index is 1300. The van der Waals surface area contributed by atoms with E-state index in [0.717, 1.165) is 0 Å². The highest BCUT2D eigenvalue weighted by atomic mass is 79.9. The number of aromatic amines is 1. The van der Waals surface area contributed by atoms with E-state index >= 15 is 0 Å².